The molecular weight excluding hydrogens is 638 g/mol. The molecule has 0 saturated heterocycles. The molecule has 0 spiro atoms. The van der Waals surface area contributed by atoms with E-state index >= 15 is 0 Å². The van der Waals surface area contributed by atoms with E-state index in [9.17, 15) is 34.1 Å². The fourth-order valence-electron chi connectivity index (χ4n) is 5.47. The zero-order valence-corrected chi connectivity index (χ0v) is 30.4. The van der Waals surface area contributed by atoms with Crippen molar-refractivity contribution in [2.45, 2.75) is 71.4 Å². The molecule has 11 heteroatoms. The average molecular weight is 679 g/mol. The first-order valence-electron chi connectivity index (χ1n) is 15.8. The number of hydrogen-bond donors (Lipinski definition) is 3. The molecule has 1 amide bonds. The van der Waals surface area contributed by atoms with Gasteiger partial charge in [0.15, 0.2) is 0 Å². The number of esters is 1. The van der Waals surface area contributed by atoms with E-state index in [0.717, 1.165) is 11.1 Å². The molecule has 0 radical (unpaired) electrons. The third-order valence-electron chi connectivity index (χ3n) is 7.55. The number of amides is 1. The first-order chi connectivity index (χ1) is 22.8. The maximum Gasteiger partial charge on any atom is 1.00 e. The van der Waals surface area contributed by atoms with Gasteiger partial charge in [-0.2, -0.15) is 0 Å². The van der Waals surface area contributed by atoms with Crippen molar-refractivity contribution in [3.8, 4) is 22.3 Å². The summed E-state index contributed by atoms with van der Waals surface area (Å²) in [6, 6.07) is 21.7. The van der Waals surface area contributed by atoms with Crippen LogP contribution in [0.4, 0.5) is 4.39 Å². The fourth-order valence-corrected chi connectivity index (χ4v) is 5.47. The van der Waals surface area contributed by atoms with Crippen LogP contribution in [-0.2, 0) is 16.1 Å². The molecule has 49 heavy (non-hydrogen) atoms. The van der Waals surface area contributed by atoms with Gasteiger partial charge in [-0.1, -0.05) is 60.7 Å². The van der Waals surface area contributed by atoms with Crippen molar-refractivity contribution in [3.05, 3.63) is 113 Å². The van der Waals surface area contributed by atoms with Crippen molar-refractivity contribution in [1.82, 2.24) is 9.88 Å². The Kier molecular flexibility index (Phi) is 14.5. The smallest absolute Gasteiger partial charge is 0.550 e. The Hall–Kier alpha value is -4.06. The predicted octanol–water partition coefficient (Wildman–Crippen LogP) is 2.31. The number of carboxylic acids is 1. The summed E-state index contributed by atoms with van der Waals surface area (Å²) in [6.45, 7) is 7.52. The molecule has 252 valence electrons. The largest absolute Gasteiger partial charge is 1.00 e. The molecule has 2 atom stereocenters. The van der Waals surface area contributed by atoms with Gasteiger partial charge in [-0.3, -0.25) is 4.79 Å². The molecule has 1 aromatic heterocycles. The molecule has 0 bridgehead atoms. The summed E-state index contributed by atoms with van der Waals surface area (Å²) in [5.41, 5.74) is 4.59. The normalized spacial score (nSPS) is 12.5. The first-order valence-corrected chi connectivity index (χ1v) is 15.8. The standard InChI is InChI=1S/C38H41FN2O7.Na/c1-23(2)41-32(19-18-30(42)20-31(43)21-33(44)45)34(27-14-16-29(39)17-15-27)35(26-8-6-5-7-9-26)36(41)37(46)40-22-25-10-12-28(13-11-25)38(47)48-24(3)4;/h5-19,23-24,30-31,42-43H,20-22H2,1-4H3,(H,40,46)(H,44,45);/q;+1/p-1/b19-18+;/t30-,31-;/m1./s1. The number of ether oxygens (including phenoxy) is 1. The maximum atomic E-state index is 14.2. The topological polar surface area (TPSA) is 141 Å². The van der Waals surface area contributed by atoms with Crippen molar-refractivity contribution in [3.63, 3.8) is 0 Å². The summed E-state index contributed by atoms with van der Waals surface area (Å²) >= 11 is 0. The van der Waals surface area contributed by atoms with Crippen molar-refractivity contribution >= 4 is 23.9 Å². The van der Waals surface area contributed by atoms with Gasteiger partial charge in [0.25, 0.3) is 5.91 Å². The van der Waals surface area contributed by atoms with E-state index < -0.39 is 42.3 Å². The second kappa shape index (κ2) is 18.1. The third kappa shape index (κ3) is 10.5. The maximum absolute atomic E-state index is 14.2. The van der Waals surface area contributed by atoms with Gasteiger partial charge >= 0.3 is 35.5 Å². The molecule has 0 aliphatic carbocycles. The summed E-state index contributed by atoms with van der Waals surface area (Å²) in [4.78, 5) is 37.4. The van der Waals surface area contributed by atoms with Crippen LogP contribution >= 0.6 is 0 Å². The van der Waals surface area contributed by atoms with Crippen LogP contribution in [-0.4, -0.2) is 50.9 Å². The van der Waals surface area contributed by atoms with Crippen molar-refractivity contribution < 1.29 is 68.4 Å². The Morgan fingerprint density at radius 3 is 2.08 bits per heavy atom. The number of carbonyl (C=O) groups is 3. The Balaban J connectivity index is 0.00000650. The summed E-state index contributed by atoms with van der Waals surface area (Å²) < 4.78 is 21.2. The number of aromatic nitrogens is 1. The number of benzene rings is 3. The van der Waals surface area contributed by atoms with Crippen LogP contribution in [0.5, 0.6) is 0 Å². The van der Waals surface area contributed by atoms with E-state index in [0.29, 0.717) is 33.6 Å². The van der Waals surface area contributed by atoms with Gasteiger partial charge in [0.1, 0.15) is 11.5 Å². The number of carboxylic acid groups (broad SMARTS) is 1. The quantitative estimate of drug-likeness (QED) is 0.137. The SMILES string of the molecule is CC(C)OC(=O)c1ccc(CNC(=O)c2c(-c3ccccc3)c(-c3ccc(F)cc3)c(/C=C/[C@@H](O)C[C@@H](O)CC(=O)[O-])n2C(C)C)cc1.[Na+]. The van der Waals surface area contributed by atoms with Gasteiger partial charge in [0.05, 0.1) is 23.9 Å². The fraction of sp³-hybridized carbons (Fsp3) is 0.289. The van der Waals surface area contributed by atoms with E-state index in [1.165, 1.54) is 18.2 Å². The Morgan fingerprint density at radius 2 is 1.51 bits per heavy atom. The molecule has 3 aromatic carbocycles. The molecule has 0 fully saturated rings. The van der Waals surface area contributed by atoms with Crippen LogP contribution in [0.15, 0.2) is 84.9 Å². The molecule has 1 heterocycles. The molecule has 9 nitrogen and oxygen atoms in total. The van der Waals surface area contributed by atoms with Gasteiger partial charge in [0, 0.05) is 48.2 Å². The van der Waals surface area contributed by atoms with Gasteiger partial charge < -0.3 is 34.7 Å². The number of rotatable bonds is 14. The zero-order chi connectivity index (χ0) is 35.0. The molecule has 4 aromatic rings. The van der Waals surface area contributed by atoms with Gasteiger partial charge in [-0.25, -0.2) is 9.18 Å². The summed E-state index contributed by atoms with van der Waals surface area (Å²) in [6.07, 6.45) is -0.591. The molecule has 0 unspecified atom stereocenters. The van der Waals surface area contributed by atoms with Gasteiger partial charge in [0.2, 0.25) is 0 Å². The van der Waals surface area contributed by atoms with E-state index in [1.54, 1.807) is 56.3 Å². The minimum Gasteiger partial charge on any atom is -0.550 e. The second-order valence-electron chi connectivity index (χ2n) is 12.0. The third-order valence-corrected chi connectivity index (χ3v) is 7.55. The molecular formula is C38H40FN2NaO7. The summed E-state index contributed by atoms with van der Waals surface area (Å²) in [7, 11) is 0. The molecule has 4 rings (SSSR count). The average Bonchev–Trinajstić information content (AvgIpc) is 3.38. The van der Waals surface area contributed by atoms with Crippen molar-refractivity contribution in [2.75, 3.05) is 0 Å². The zero-order valence-electron chi connectivity index (χ0n) is 28.4. The number of carbonyl (C=O) groups excluding carboxylic acids is 3. The van der Waals surface area contributed by atoms with Crippen LogP contribution in [0.25, 0.3) is 28.3 Å². The van der Waals surface area contributed by atoms with Gasteiger partial charge in [-0.15, -0.1) is 0 Å². The molecule has 0 aliphatic rings. The van der Waals surface area contributed by atoms with Crippen LogP contribution < -0.4 is 40.0 Å². The predicted molar refractivity (Wildman–Crippen MR) is 179 cm³/mol. The van der Waals surface area contributed by atoms with E-state index in [1.807, 2.05) is 48.7 Å². The van der Waals surface area contributed by atoms with Gasteiger partial charge in [-0.05, 0) is 74.7 Å². The molecule has 0 saturated carbocycles. The number of hydrogen-bond acceptors (Lipinski definition) is 7. The number of aliphatic carboxylic acids is 1. The minimum absolute atomic E-state index is 0. The number of aliphatic hydroxyl groups is 2. The van der Waals surface area contributed by atoms with E-state index in [-0.39, 0.29) is 54.7 Å². The van der Waals surface area contributed by atoms with Crippen LogP contribution in [0, 0.1) is 5.82 Å². The van der Waals surface area contributed by atoms with Crippen molar-refractivity contribution in [2.24, 2.45) is 0 Å². The van der Waals surface area contributed by atoms with E-state index in [4.69, 9.17) is 4.74 Å². The summed E-state index contributed by atoms with van der Waals surface area (Å²) in [5.74, 6) is -2.69. The second-order valence-corrected chi connectivity index (χ2v) is 12.0. The Morgan fingerprint density at radius 1 is 0.898 bits per heavy atom. The first kappa shape index (κ1) is 39.4. The minimum atomic E-state index is -1.43. The molecule has 3 N–H and O–H groups in total. The van der Waals surface area contributed by atoms with Crippen LogP contribution in [0.2, 0.25) is 0 Å². The molecule has 0 aliphatic heterocycles. The number of halogens is 1. The van der Waals surface area contributed by atoms with E-state index in [2.05, 4.69) is 5.32 Å². The number of nitrogens with zero attached hydrogens (tertiary/aromatic N) is 1. The summed E-state index contributed by atoms with van der Waals surface area (Å²) in [5, 5.41) is 34.7. The number of aliphatic hydroxyl groups excluding tert-OH is 2. The Bertz CT molecular complexity index is 1750. The Labute approximate surface area is 307 Å². The van der Waals surface area contributed by atoms with Crippen molar-refractivity contribution in [1.29, 1.82) is 0 Å². The number of nitrogens with one attached hydrogen (secondary N) is 1. The monoisotopic (exact) mass is 678 g/mol. The van der Waals surface area contributed by atoms with Crippen LogP contribution in [0.3, 0.4) is 0 Å². The van der Waals surface area contributed by atoms with Crippen LogP contribution in [0.1, 0.15) is 78.7 Å².